The molecule has 2 fully saturated rings. The van der Waals surface area contributed by atoms with Crippen LogP contribution in [0.3, 0.4) is 0 Å². The van der Waals surface area contributed by atoms with E-state index >= 15 is 0 Å². The summed E-state index contributed by atoms with van der Waals surface area (Å²) in [4.78, 5) is 28.3. The van der Waals surface area contributed by atoms with Crippen molar-refractivity contribution >= 4 is 28.3 Å². The molecule has 6 rings (SSSR count). The number of piperidine rings is 1. The second-order valence-corrected chi connectivity index (χ2v) is 8.72. The zero-order valence-electron chi connectivity index (χ0n) is 16.8. The molecule has 0 radical (unpaired) electrons. The van der Waals surface area contributed by atoms with Crippen LogP contribution in [0, 0.1) is 18.8 Å². The van der Waals surface area contributed by atoms with E-state index in [4.69, 9.17) is 16.1 Å². The molecule has 9 heteroatoms. The number of rotatable bonds is 4. The molecule has 8 nitrogen and oxygen atoms in total. The number of halogens is 1. The SMILES string of the molecule is Cc1ccnc2ncn(Cc3nc([C@H]4[C@@H]5CN(c6ccc(Cl)cc6)C[C@@H]54)no3)c(=O)c12. The topological polar surface area (TPSA) is 89.9 Å². The summed E-state index contributed by atoms with van der Waals surface area (Å²) in [6, 6.07) is 9.76. The van der Waals surface area contributed by atoms with Crippen LogP contribution in [0.2, 0.25) is 5.02 Å². The number of hydrogen-bond donors (Lipinski definition) is 0. The fourth-order valence-corrected chi connectivity index (χ4v) is 4.85. The van der Waals surface area contributed by atoms with Crippen molar-refractivity contribution in [3.63, 3.8) is 0 Å². The van der Waals surface area contributed by atoms with Gasteiger partial charge in [0.15, 0.2) is 11.5 Å². The minimum Gasteiger partial charge on any atom is -0.371 e. The van der Waals surface area contributed by atoms with Gasteiger partial charge in [-0.2, -0.15) is 4.98 Å². The first kappa shape index (κ1) is 18.5. The highest BCUT2D eigenvalue weighted by Crippen LogP contribution is 2.57. The van der Waals surface area contributed by atoms with Crippen LogP contribution in [0.4, 0.5) is 5.69 Å². The van der Waals surface area contributed by atoms with Gasteiger partial charge in [-0.15, -0.1) is 0 Å². The minimum atomic E-state index is -0.155. The first-order chi connectivity index (χ1) is 15.1. The Morgan fingerprint density at radius 2 is 1.90 bits per heavy atom. The monoisotopic (exact) mass is 434 g/mol. The van der Waals surface area contributed by atoms with Crippen LogP contribution < -0.4 is 10.5 Å². The summed E-state index contributed by atoms with van der Waals surface area (Å²) in [7, 11) is 0. The van der Waals surface area contributed by atoms with Gasteiger partial charge in [-0.1, -0.05) is 16.8 Å². The smallest absolute Gasteiger partial charge is 0.263 e. The van der Waals surface area contributed by atoms with Crippen molar-refractivity contribution in [3.8, 4) is 0 Å². The molecule has 1 saturated heterocycles. The van der Waals surface area contributed by atoms with Crippen molar-refractivity contribution in [1.29, 1.82) is 0 Å². The Kier molecular flexibility index (Phi) is 4.11. The highest BCUT2D eigenvalue weighted by Gasteiger charge is 2.58. The lowest BCUT2D eigenvalue weighted by Gasteiger charge is -2.21. The van der Waals surface area contributed by atoms with E-state index in [1.165, 1.54) is 16.6 Å². The summed E-state index contributed by atoms with van der Waals surface area (Å²) in [6.07, 6.45) is 3.14. The van der Waals surface area contributed by atoms with Crippen LogP contribution in [-0.2, 0) is 6.54 Å². The Morgan fingerprint density at radius 1 is 1.13 bits per heavy atom. The maximum Gasteiger partial charge on any atom is 0.263 e. The molecule has 0 bridgehead atoms. The number of hydrogen-bond acceptors (Lipinski definition) is 7. The maximum atomic E-state index is 12.8. The summed E-state index contributed by atoms with van der Waals surface area (Å²) in [5.74, 6) is 2.53. The third-order valence-electron chi connectivity index (χ3n) is 6.41. The van der Waals surface area contributed by atoms with Gasteiger partial charge in [-0.25, -0.2) is 9.97 Å². The first-order valence-electron chi connectivity index (χ1n) is 10.2. The number of anilines is 1. The third-order valence-corrected chi connectivity index (χ3v) is 6.66. The van der Waals surface area contributed by atoms with Crippen LogP contribution in [0.1, 0.15) is 23.2 Å². The standard InChI is InChI=1S/C22H19ClN6O2/c1-12-6-7-24-20-18(12)22(30)29(11-25-20)10-17-26-21(27-31-17)19-15-8-28(9-16(15)19)14-4-2-13(23)3-5-14/h2-7,11,15-16,19H,8-10H2,1H3/t15-,16+,19+. The quantitative estimate of drug-likeness (QED) is 0.487. The minimum absolute atomic E-state index is 0.155. The molecule has 156 valence electrons. The number of benzene rings is 1. The molecule has 4 heterocycles. The molecule has 0 unspecified atom stereocenters. The number of nitrogens with zero attached hydrogens (tertiary/aromatic N) is 6. The van der Waals surface area contributed by atoms with Crippen molar-refractivity contribution in [2.75, 3.05) is 18.0 Å². The van der Waals surface area contributed by atoms with E-state index in [1.807, 2.05) is 19.1 Å². The fraction of sp³-hybridized carbons (Fsp3) is 0.318. The highest BCUT2D eigenvalue weighted by molar-refractivity contribution is 6.30. The van der Waals surface area contributed by atoms with Gasteiger partial charge in [0.05, 0.1) is 5.39 Å². The van der Waals surface area contributed by atoms with Crippen LogP contribution in [-0.4, -0.2) is 37.8 Å². The Hall–Kier alpha value is -3.26. The van der Waals surface area contributed by atoms with E-state index in [-0.39, 0.29) is 12.1 Å². The lowest BCUT2D eigenvalue weighted by molar-refractivity contribution is 0.363. The van der Waals surface area contributed by atoms with Gasteiger partial charge >= 0.3 is 0 Å². The zero-order chi connectivity index (χ0) is 21.1. The molecule has 1 aliphatic heterocycles. The normalized spacial score (nSPS) is 22.1. The van der Waals surface area contributed by atoms with Crippen molar-refractivity contribution in [2.24, 2.45) is 11.8 Å². The number of fused-ring (bicyclic) bond motifs is 2. The molecule has 0 spiro atoms. The predicted octanol–water partition coefficient (Wildman–Crippen LogP) is 3.03. The van der Waals surface area contributed by atoms with Crippen LogP contribution >= 0.6 is 11.6 Å². The van der Waals surface area contributed by atoms with Gasteiger partial charge in [0, 0.05) is 35.9 Å². The molecule has 3 atom stereocenters. The second kappa shape index (κ2) is 6.88. The van der Waals surface area contributed by atoms with E-state index in [0.717, 1.165) is 29.5 Å². The van der Waals surface area contributed by atoms with Crippen molar-refractivity contribution < 1.29 is 4.52 Å². The van der Waals surface area contributed by atoms with Gasteiger partial charge in [-0.3, -0.25) is 9.36 Å². The Morgan fingerprint density at radius 3 is 2.68 bits per heavy atom. The van der Waals surface area contributed by atoms with Crippen molar-refractivity contribution in [3.05, 3.63) is 75.5 Å². The van der Waals surface area contributed by atoms with Gasteiger partial charge in [0.25, 0.3) is 5.56 Å². The van der Waals surface area contributed by atoms with E-state index in [2.05, 4.69) is 37.1 Å². The summed E-state index contributed by atoms with van der Waals surface area (Å²) in [5, 5.41) is 5.47. The van der Waals surface area contributed by atoms with Crippen LogP contribution in [0.25, 0.3) is 11.0 Å². The van der Waals surface area contributed by atoms with Crippen molar-refractivity contribution in [1.82, 2.24) is 24.7 Å². The largest absolute Gasteiger partial charge is 0.371 e. The molecule has 3 aromatic heterocycles. The molecule has 2 aliphatic rings. The molecule has 4 aromatic rings. The predicted molar refractivity (Wildman–Crippen MR) is 115 cm³/mol. The molecule has 0 amide bonds. The average Bonchev–Trinajstić information content (AvgIpc) is 3.09. The summed E-state index contributed by atoms with van der Waals surface area (Å²) >= 11 is 5.99. The Labute approximate surface area is 182 Å². The third kappa shape index (κ3) is 3.09. The van der Waals surface area contributed by atoms with Crippen LogP contribution in [0.5, 0.6) is 0 Å². The Balaban J connectivity index is 1.17. The highest BCUT2D eigenvalue weighted by atomic mass is 35.5. The van der Waals surface area contributed by atoms with E-state index in [1.54, 1.807) is 12.3 Å². The fourth-order valence-electron chi connectivity index (χ4n) is 4.72. The number of aryl methyl sites for hydroxylation is 1. The lowest BCUT2D eigenvalue weighted by atomic mass is 10.2. The van der Waals surface area contributed by atoms with Crippen LogP contribution in [0.15, 0.2) is 52.2 Å². The summed E-state index contributed by atoms with van der Waals surface area (Å²) in [5.41, 5.74) is 2.33. The summed E-state index contributed by atoms with van der Waals surface area (Å²) < 4.78 is 6.95. The lowest BCUT2D eigenvalue weighted by Crippen LogP contribution is -2.23. The molecule has 1 aliphatic carbocycles. The van der Waals surface area contributed by atoms with E-state index in [0.29, 0.717) is 34.7 Å². The molecule has 0 N–H and O–H groups in total. The van der Waals surface area contributed by atoms with Gasteiger partial charge in [0.1, 0.15) is 12.9 Å². The van der Waals surface area contributed by atoms with E-state index < -0.39 is 0 Å². The summed E-state index contributed by atoms with van der Waals surface area (Å²) in [6.45, 7) is 4.02. The second-order valence-electron chi connectivity index (χ2n) is 8.29. The van der Waals surface area contributed by atoms with Gasteiger partial charge in [-0.05, 0) is 54.7 Å². The molecular formula is C22H19ClN6O2. The Bertz CT molecular complexity index is 1340. The molecule has 1 saturated carbocycles. The number of pyridine rings is 1. The molecular weight excluding hydrogens is 416 g/mol. The maximum absolute atomic E-state index is 12.8. The molecule has 1 aromatic carbocycles. The first-order valence-corrected chi connectivity index (χ1v) is 10.6. The number of aromatic nitrogens is 5. The molecule has 31 heavy (non-hydrogen) atoms. The van der Waals surface area contributed by atoms with Gasteiger partial charge in [0.2, 0.25) is 5.89 Å². The zero-order valence-corrected chi connectivity index (χ0v) is 17.5. The average molecular weight is 435 g/mol. The van der Waals surface area contributed by atoms with Gasteiger partial charge < -0.3 is 9.42 Å². The van der Waals surface area contributed by atoms with Crippen molar-refractivity contribution in [2.45, 2.75) is 19.4 Å². The van der Waals surface area contributed by atoms with E-state index in [9.17, 15) is 4.79 Å².